The number of aryl methyl sites for hydroxylation is 1. The molecule has 2 rings (SSSR count). The molecule has 7 heteroatoms. The minimum atomic E-state index is -3.53. The standard InChI is InChI=1S/C14H23N3O3S/c1-12-5-3-7-14(15-12)16-21(18,19)17-9-4-6-13(8-10-17)11-20-2/h3,5,7,13H,4,6,8-11H2,1-2H3,(H,15,16). The zero-order valence-electron chi connectivity index (χ0n) is 12.6. The Labute approximate surface area is 126 Å². The van der Waals surface area contributed by atoms with Crippen LogP contribution in [0.3, 0.4) is 0 Å². The van der Waals surface area contributed by atoms with Crippen molar-refractivity contribution in [2.24, 2.45) is 5.92 Å². The first-order chi connectivity index (χ1) is 10.0. The molecule has 0 spiro atoms. The predicted molar refractivity (Wildman–Crippen MR) is 82.3 cm³/mol. The van der Waals surface area contributed by atoms with E-state index in [2.05, 4.69) is 9.71 Å². The highest BCUT2D eigenvalue weighted by molar-refractivity contribution is 7.90. The molecule has 1 unspecified atom stereocenters. The summed E-state index contributed by atoms with van der Waals surface area (Å²) in [5, 5.41) is 0. The molecular weight excluding hydrogens is 290 g/mol. The first-order valence-electron chi connectivity index (χ1n) is 7.22. The minimum absolute atomic E-state index is 0.368. The van der Waals surface area contributed by atoms with Gasteiger partial charge in [0.05, 0.1) is 0 Å². The number of methoxy groups -OCH3 is 1. The lowest BCUT2D eigenvalue weighted by molar-refractivity contribution is 0.145. The van der Waals surface area contributed by atoms with E-state index in [1.54, 1.807) is 19.2 Å². The van der Waals surface area contributed by atoms with Gasteiger partial charge in [0.15, 0.2) is 0 Å². The van der Waals surface area contributed by atoms with Gasteiger partial charge in [-0.25, -0.2) is 4.98 Å². The summed E-state index contributed by atoms with van der Waals surface area (Å²) < 4.78 is 34.1. The molecule has 0 amide bonds. The van der Waals surface area contributed by atoms with Gasteiger partial charge in [-0.3, -0.25) is 4.72 Å². The molecule has 1 saturated heterocycles. The monoisotopic (exact) mass is 313 g/mol. The first-order valence-corrected chi connectivity index (χ1v) is 8.66. The van der Waals surface area contributed by atoms with Crippen LogP contribution in [0.25, 0.3) is 0 Å². The van der Waals surface area contributed by atoms with Crippen molar-refractivity contribution in [1.82, 2.24) is 9.29 Å². The Balaban J connectivity index is 2.02. The van der Waals surface area contributed by atoms with Gasteiger partial charge in [-0.15, -0.1) is 0 Å². The van der Waals surface area contributed by atoms with Gasteiger partial charge in [-0.2, -0.15) is 12.7 Å². The van der Waals surface area contributed by atoms with Gasteiger partial charge in [0.2, 0.25) is 0 Å². The SMILES string of the molecule is COCC1CCCN(S(=O)(=O)Nc2cccc(C)n2)CC1. The van der Waals surface area contributed by atoms with E-state index in [0.29, 0.717) is 31.4 Å². The molecule has 1 aliphatic rings. The maximum absolute atomic E-state index is 12.4. The zero-order chi connectivity index (χ0) is 15.3. The van der Waals surface area contributed by atoms with Crippen LogP contribution in [0.1, 0.15) is 25.0 Å². The number of hydrogen-bond donors (Lipinski definition) is 1. The van der Waals surface area contributed by atoms with E-state index in [4.69, 9.17) is 4.74 Å². The van der Waals surface area contributed by atoms with Crippen LogP contribution in [0.4, 0.5) is 5.82 Å². The van der Waals surface area contributed by atoms with Gasteiger partial charge in [0.25, 0.3) is 0 Å². The van der Waals surface area contributed by atoms with Crippen LogP contribution in [0, 0.1) is 12.8 Å². The number of nitrogens with zero attached hydrogens (tertiary/aromatic N) is 2. The second kappa shape index (κ2) is 7.20. The largest absolute Gasteiger partial charge is 0.384 e. The third-order valence-electron chi connectivity index (χ3n) is 3.67. The Morgan fingerprint density at radius 1 is 1.38 bits per heavy atom. The zero-order valence-corrected chi connectivity index (χ0v) is 13.4. The van der Waals surface area contributed by atoms with E-state index >= 15 is 0 Å². The van der Waals surface area contributed by atoms with Gasteiger partial charge >= 0.3 is 10.2 Å². The number of anilines is 1. The fraction of sp³-hybridized carbons (Fsp3) is 0.643. The van der Waals surface area contributed by atoms with Crippen LogP contribution in [0.15, 0.2) is 18.2 Å². The lowest BCUT2D eigenvalue weighted by Gasteiger charge is -2.20. The van der Waals surface area contributed by atoms with E-state index in [9.17, 15) is 8.42 Å². The van der Waals surface area contributed by atoms with Crippen molar-refractivity contribution in [3.8, 4) is 0 Å². The Hall–Kier alpha value is -1.18. The quantitative estimate of drug-likeness (QED) is 0.899. The molecule has 2 heterocycles. The van der Waals surface area contributed by atoms with Crippen LogP contribution >= 0.6 is 0 Å². The van der Waals surface area contributed by atoms with Crippen molar-refractivity contribution >= 4 is 16.0 Å². The maximum atomic E-state index is 12.4. The Kier molecular flexibility index (Phi) is 5.55. The topological polar surface area (TPSA) is 71.5 Å². The first kappa shape index (κ1) is 16.2. The molecule has 0 aliphatic carbocycles. The summed E-state index contributed by atoms with van der Waals surface area (Å²) in [5.74, 6) is 0.806. The van der Waals surface area contributed by atoms with E-state index in [-0.39, 0.29) is 0 Å². The molecule has 1 atom stereocenters. The highest BCUT2D eigenvalue weighted by atomic mass is 32.2. The van der Waals surface area contributed by atoms with Crippen molar-refractivity contribution in [2.75, 3.05) is 31.5 Å². The van der Waals surface area contributed by atoms with Crippen molar-refractivity contribution < 1.29 is 13.2 Å². The molecule has 1 fully saturated rings. The summed E-state index contributed by atoms with van der Waals surface area (Å²) >= 11 is 0. The van der Waals surface area contributed by atoms with Gasteiger partial charge in [0, 0.05) is 32.5 Å². The highest BCUT2D eigenvalue weighted by Gasteiger charge is 2.26. The third kappa shape index (κ3) is 4.66. The normalized spacial score (nSPS) is 21.0. The molecular formula is C14H23N3O3S. The number of pyridine rings is 1. The summed E-state index contributed by atoms with van der Waals surface area (Å²) in [4.78, 5) is 4.18. The number of nitrogens with one attached hydrogen (secondary N) is 1. The number of hydrogen-bond acceptors (Lipinski definition) is 4. The highest BCUT2D eigenvalue weighted by Crippen LogP contribution is 2.20. The molecule has 0 aromatic carbocycles. The molecule has 21 heavy (non-hydrogen) atoms. The van der Waals surface area contributed by atoms with Gasteiger partial charge in [-0.05, 0) is 44.2 Å². The summed E-state index contributed by atoms with van der Waals surface area (Å²) in [6.07, 6.45) is 2.69. The molecule has 1 N–H and O–H groups in total. The Morgan fingerprint density at radius 2 is 2.19 bits per heavy atom. The van der Waals surface area contributed by atoms with Crippen molar-refractivity contribution in [1.29, 1.82) is 0 Å². The number of rotatable bonds is 5. The summed E-state index contributed by atoms with van der Waals surface area (Å²) in [5.41, 5.74) is 0.784. The van der Waals surface area contributed by atoms with Crippen LogP contribution in [0.2, 0.25) is 0 Å². The van der Waals surface area contributed by atoms with Gasteiger partial charge in [-0.1, -0.05) is 6.07 Å². The lowest BCUT2D eigenvalue weighted by atomic mass is 10.0. The second-order valence-corrected chi connectivity index (χ2v) is 7.09. The minimum Gasteiger partial charge on any atom is -0.384 e. The fourth-order valence-electron chi connectivity index (χ4n) is 2.58. The summed E-state index contributed by atoms with van der Waals surface area (Å²) in [6, 6.07) is 5.28. The lowest BCUT2D eigenvalue weighted by Crippen LogP contribution is -2.37. The molecule has 1 aromatic rings. The summed E-state index contributed by atoms with van der Waals surface area (Å²) in [6.45, 7) is 3.59. The van der Waals surface area contributed by atoms with E-state index in [1.807, 2.05) is 13.0 Å². The van der Waals surface area contributed by atoms with Gasteiger partial charge < -0.3 is 4.74 Å². The molecule has 0 saturated carbocycles. The molecule has 1 aliphatic heterocycles. The van der Waals surface area contributed by atoms with E-state index in [1.165, 1.54) is 4.31 Å². The maximum Gasteiger partial charge on any atom is 0.302 e. The molecule has 6 nitrogen and oxygen atoms in total. The van der Waals surface area contributed by atoms with Crippen LogP contribution in [0.5, 0.6) is 0 Å². The second-order valence-electron chi connectivity index (χ2n) is 5.42. The predicted octanol–water partition coefficient (Wildman–Crippen LogP) is 1.80. The van der Waals surface area contributed by atoms with Gasteiger partial charge in [0.1, 0.15) is 5.82 Å². The Bertz CT molecular complexity index is 562. The molecule has 1 aromatic heterocycles. The number of aromatic nitrogens is 1. The van der Waals surface area contributed by atoms with Crippen LogP contribution in [-0.4, -0.2) is 44.5 Å². The molecule has 118 valence electrons. The third-order valence-corrected chi connectivity index (χ3v) is 5.18. The fourth-order valence-corrected chi connectivity index (χ4v) is 3.80. The smallest absolute Gasteiger partial charge is 0.302 e. The summed E-state index contributed by atoms with van der Waals surface area (Å²) in [7, 11) is -1.85. The van der Waals surface area contributed by atoms with Crippen molar-refractivity contribution in [3.63, 3.8) is 0 Å². The average molecular weight is 313 g/mol. The molecule has 0 bridgehead atoms. The van der Waals surface area contributed by atoms with Crippen LogP contribution < -0.4 is 4.72 Å². The average Bonchev–Trinajstić information content (AvgIpc) is 2.65. The van der Waals surface area contributed by atoms with Crippen LogP contribution in [-0.2, 0) is 14.9 Å². The number of ether oxygens (including phenoxy) is 1. The van der Waals surface area contributed by atoms with Crippen molar-refractivity contribution in [2.45, 2.75) is 26.2 Å². The molecule has 0 radical (unpaired) electrons. The van der Waals surface area contributed by atoms with Crippen molar-refractivity contribution in [3.05, 3.63) is 23.9 Å². The van der Waals surface area contributed by atoms with E-state index < -0.39 is 10.2 Å². The van der Waals surface area contributed by atoms with E-state index in [0.717, 1.165) is 25.0 Å². The Morgan fingerprint density at radius 3 is 2.90 bits per heavy atom.